The van der Waals surface area contributed by atoms with Gasteiger partial charge >= 0.3 is 10.4 Å². The molecule has 0 aliphatic carbocycles. The van der Waals surface area contributed by atoms with Crippen molar-refractivity contribution in [2.24, 2.45) is 10.2 Å². The molecule has 4 aromatic carbocycles. The SMILES string of the molecule is CC(=O)Nc1cc(Nc2nc(Cl)nc(Nc3ccc(S(=O)(=O)CCOS(=O)(=O)O)cc3)n2)ccc1N=Nc1cc(S(=O)(=O)O)c2cccc(S(=O)(=O)O)c2c1. The highest BCUT2D eigenvalue weighted by molar-refractivity contribution is 7.91. The summed E-state index contributed by atoms with van der Waals surface area (Å²) in [7, 11) is -18.5. The van der Waals surface area contributed by atoms with Gasteiger partial charge in [0.25, 0.3) is 20.2 Å². The van der Waals surface area contributed by atoms with Gasteiger partial charge in [0.2, 0.25) is 23.1 Å². The van der Waals surface area contributed by atoms with Crippen molar-refractivity contribution in [2.75, 3.05) is 28.3 Å². The second-order valence-corrected chi connectivity index (χ2v) is 17.3. The van der Waals surface area contributed by atoms with Gasteiger partial charge in [-0.1, -0.05) is 12.1 Å². The summed E-state index contributed by atoms with van der Waals surface area (Å²) < 4.78 is 127. The van der Waals surface area contributed by atoms with E-state index in [9.17, 15) is 47.6 Å². The molecule has 26 heteroatoms. The third-order valence-electron chi connectivity index (χ3n) is 6.96. The highest BCUT2D eigenvalue weighted by Crippen LogP contribution is 2.36. The second-order valence-electron chi connectivity index (χ2n) is 11.0. The predicted octanol–water partition coefficient (Wildman–Crippen LogP) is 4.63. The molecule has 6 N–H and O–H groups in total. The van der Waals surface area contributed by atoms with E-state index in [1.54, 1.807) is 0 Å². The number of sulfone groups is 1. The van der Waals surface area contributed by atoms with E-state index in [2.05, 4.69) is 45.3 Å². The summed E-state index contributed by atoms with van der Waals surface area (Å²) in [5.41, 5.74) is 0.459. The van der Waals surface area contributed by atoms with Crippen molar-refractivity contribution in [3.63, 3.8) is 0 Å². The third-order valence-corrected chi connectivity index (χ3v) is 11.1. The fourth-order valence-corrected chi connectivity index (χ4v) is 7.81. The van der Waals surface area contributed by atoms with Crippen molar-refractivity contribution in [2.45, 2.75) is 21.6 Å². The number of azo groups is 1. The number of nitrogens with zero attached hydrogens (tertiary/aromatic N) is 5. The number of hydrogen-bond donors (Lipinski definition) is 6. The lowest BCUT2D eigenvalue weighted by atomic mass is 10.1. The lowest BCUT2D eigenvalue weighted by Gasteiger charge is -2.12. The van der Waals surface area contributed by atoms with E-state index in [4.69, 9.17) is 16.2 Å². The van der Waals surface area contributed by atoms with E-state index in [0.29, 0.717) is 5.69 Å². The largest absolute Gasteiger partial charge is 0.397 e. The number of anilines is 5. The average Bonchev–Trinajstić information content (AvgIpc) is 3.05. The molecule has 5 rings (SSSR count). The van der Waals surface area contributed by atoms with Gasteiger partial charge in [0.05, 0.1) is 28.6 Å². The van der Waals surface area contributed by atoms with E-state index in [-0.39, 0.29) is 55.6 Å². The summed E-state index contributed by atoms with van der Waals surface area (Å²) >= 11 is 6.10. The van der Waals surface area contributed by atoms with E-state index in [1.165, 1.54) is 61.5 Å². The first kappa shape index (κ1) is 40.9. The van der Waals surface area contributed by atoms with E-state index in [1.807, 2.05) is 0 Å². The van der Waals surface area contributed by atoms with Gasteiger partial charge in [-0.3, -0.25) is 18.5 Å². The number of rotatable bonds is 14. The van der Waals surface area contributed by atoms with Crippen LogP contribution in [0.3, 0.4) is 0 Å². The minimum Gasteiger partial charge on any atom is -0.324 e. The van der Waals surface area contributed by atoms with Crippen LogP contribution < -0.4 is 16.0 Å². The molecule has 0 fully saturated rings. The molecule has 0 saturated heterocycles. The molecule has 0 radical (unpaired) electrons. The maximum Gasteiger partial charge on any atom is 0.397 e. The monoisotopic (exact) mass is 856 g/mol. The molecule has 1 heterocycles. The molecule has 0 saturated carbocycles. The zero-order valence-corrected chi connectivity index (χ0v) is 31.5. The lowest BCUT2D eigenvalue weighted by molar-refractivity contribution is -0.114. The van der Waals surface area contributed by atoms with Crippen LogP contribution in [-0.2, 0) is 49.5 Å². The summed E-state index contributed by atoms with van der Waals surface area (Å²) in [6.07, 6.45) is 0. The van der Waals surface area contributed by atoms with Gasteiger partial charge in [0.15, 0.2) is 9.84 Å². The molecule has 0 bridgehead atoms. The van der Waals surface area contributed by atoms with Crippen LogP contribution in [0.4, 0.5) is 40.3 Å². The Hall–Kier alpha value is -5.25. The standard InChI is InChI=1S/C29H25ClN8O13S4/c1-16(39)31-24-14-18(7-10-23(24)38-37-19-13-22-21(26(15-19)54(45,46)47)3-2-4-25(22)53(42,43)44)33-29-35-27(30)34-28(36-29)32-17-5-8-20(9-6-17)52(40,41)12-11-51-55(48,49)50/h2-10,13-15H,11-12H2,1H3,(H,31,39)(H,42,43,44)(H,45,46,47)(H,48,49,50)(H2,32,33,34,35,36). The van der Waals surface area contributed by atoms with Gasteiger partial charge in [-0.15, -0.1) is 5.11 Å². The Balaban J connectivity index is 1.39. The van der Waals surface area contributed by atoms with Crippen LogP contribution in [0.1, 0.15) is 6.92 Å². The summed E-state index contributed by atoms with van der Waals surface area (Å²) in [6, 6.07) is 14.9. The smallest absolute Gasteiger partial charge is 0.324 e. The van der Waals surface area contributed by atoms with Crippen molar-refractivity contribution in [1.29, 1.82) is 0 Å². The number of benzene rings is 4. The number of hydrogen-bond acceptors (Lipinski definition) is 17. The third kappa shape index (κ3) is 10.9. The van der Waals surface area contributed by atoms with Crippen LogP contribution in [0.5, 0.6) is 0 Å². The Bertz CT molecular complexity index is 2810. The molecule has 290 valence electrons. The quantitative estimate of drug-likeness (QED) is 0.0655. The molecule has 5 aromatic rings. The highest BCUT2D eigenvalue weighted by Gasteiger charge is 2.22. The Morgan fingerprint density at radius 1 is 0.745 bits per heavy atom. The normalized spacial score (nSPS) is 12.5. The molecule has 0 aliphatic heterocycles. The van der Waals surface area contributed by atoms with Gasteiger partial charge in [0.1, 0.15) is 15.5 Å². The minimum atomic E-state index is -4.92. The van der Waals surface area contributed by atoms with Crippen molar-refractivity contribution >= 4 is 109 Å². The van der Waals surface area contributed by atoms with Crippen LogP contribution in [0.15, 0.2) is 97.7 Å². The number of carbonyl (C=O) groups is 1. The Labute approximate surface area is 317 Å². The van der Waals surface area contributed by atoms with Crippen LogP contribution in [0.2, 0.25) is 5.28 Å². The Morgan fingerprint density at radius 3 is 1.96 bits per heavy atom. The first-order valence-electron chi connectivity index (χ1n) is 14.8. The number of aromatic nitrogens is 3. The number of fused-ring (bicyclic) bond motifs is 1. The molecule has 0 spiro atoms. The highest BCUT2D eigenvalue weighted by atomic mass is 35.5. The predicted molar refractivity (Wildman–Crippen MR) is 196 cm³/mol. The second kappa shape index (κ2) is 15.8. The molecule has 21 nitrogen and oxygen atoms in total. The van der Waals surface area contributed by atoms with Crippen molar-refractivity contribution in [3.05, 3.63) is 78.1 Å². The number of amides is 1. The Morgan fingerprint density at radius 2 is 1.36 bits per heavy atom. The van der Waals surface area contributed by atoms with E-state index >= 15 is 0 Å². The fourth-order valence-electron chi connectivity index (χ4n) is 4.74. The van der Waals surface area contributed by atoms with Crippen molar-refractivity contribution in [1.82, 2.24) is 15.0 Å². The van der Waals surface area contributed by atoms with Gasteiger partial charge in [-0.2, -0.15) is 45.3 Å². The summed E-state index contributed by atoms with van der Waals surface area (Å²) in [5.74, 6) is -1.42. The molecule has 0 atom stereocenters. The zero-order valence-electron chi connectivity index (χ0n) is 27.5. The molecule has 0 aliphatic rings. The van der Waals surface area contributed by atoms with Crippen LogP contribution in [0.25, 0.3) is 10.8 Å². The Kier molecular flexibility index (Phi) is 11.8. The maximum atomic E-state index is 12.5. The fraction of sp³-hybridized carbons (Fsp3) is 0.103. The number of halogens is 1. The molecule has 1 aromatic heterocycles. The van der Waals surface area contributed by atoms with Gasteiger partial charge in [-0.25, -0.2) is 12.6 Å². The van der Waals surface area contributed by atoms with Gasteiger partial charge in [-0.05, 0) is 72.3 Å². The van der Waals surface area contributed by atoms with E-state index in [0.717, 1.165) is 18.2 Å². The number of nitrogens with one attached hydrogen (secondary N) is 3. The average molecular weight is 857 g/mol. The lowest BCUT2D eigenvalue weighted by Crippen LogP contribution is -2.15. The minimum absolute atomic E-state index is 0.0322. The molecule has 55 heavy (non-hydrogen) atoms. The van der Waals surface area contributed by atoms with E-state index < -0.39 is 68.5 Å². The zero-order chi connectivity index (χ0) is 40.3. The van der Waals surface area contributed by atoms with Gasteiger partial charge in [0, 0.05) is 29.1 Å². The number of carbonyl (C=O) groups excluding carboxylic acids is 1. The molecule has 0 unspecified atom stereocenters. The van der Waals surface area contributed by atoms with Crippen LogP contribution in [0, 0.1) is 0 Å². The first-order chi connectivity index (χ1) is 25.6. The van der Waals surface area contributed by atoms with Crippen LogP contribution in [-0.4, -0.2) is 80.5 Å². The molecule has 1 amide bonds. The maximum absolute atomic E-state index is 12.5. The van der Waals surface area contributed by atoms with Crippen molar-refractivity contribution < 1.29 is 56.3 Å². The molecular formula is C29H25ClN8O13S4. The molecular weight excluding hydrogens is 832 g/mol. The summed E-state index contributed by atoms with van der Waals surface area (Å²) in [6.45, 7) is 0.414. The first-order valence-corrected chi connectivity index (χ1v) is 21.1. The van der Waals surface area contributed by atoms with Gasteiger partial charge < -0.3 is 16.0 Å². The topological polar surface area (TPSA) is 323 Å². The summed E-state index contributed by atoms with van der Waals surface area (Å²) in [5, 5.41) is 15.6. The van der Waals surface area contributed by atoms with Crippen LogP contribution >= 0.6 is 11.6 Å². The summed E-state index contributed by atoms with van der Waals surface area (Å²) in [4.78, 5) is 22.7. The van der Waals surface area contributed by atoms with Crippen molar-refractivity contribution in [3.8, 4) is 0 Å².